The van der Waals surface area contributed by atoms with Gasteiger partial charge in [0.05, 0.1) is 12.5 Å². The lowest BCUT2D eigenvalue weighted by Gasteiger charge is -2.17. The van der Waals surface area contributed by atoms with Crippen LogP contribution >= 0.6 is 0 Å². The molecule has 29 heavy (non-hydrogen) atoms. The van der Waals surface area contributed by atoms with E-state index in [0.29, 0.717) is 19.4 Å². The van der Waals surface area contributed by atoms with Gasteiger partial charge in [0.15, 0.2) is 0 Å². The van der Waals surface area contributed by atoms with Crippen molar-refractivity contribution in [2.24, 2.45) is 5.92 Å². The van der Waals surface area contributed by atoms with Gasteiger partial charge in [-0.25, -0.2) is 0 Å². The van der Waals surface area contributed by atoms with Gasteiger partial charge in [0.25, 0.3) is 0 Å². The van der Waals surface area contributed by atoms with Gasteiger partial charge in [-0.2, -0.15) is 0 Å². The highest BCUT2D eigenvalue weighted by Gasteiger charge is 2.40. The van der Waals surface area contributed by atoms with Crippen molar-refractivity contribution < 1.29 is 19.5 Å². The monoisotopic (exact) mass is 394 g/mol. The van der Waals surface area contributed by atoms with Crippen LogP contribution in [-0.4, -0.2) is 47.4 Å². The quantitative estimate of drug-likeness (QED) is 0.755. The maximum absolute atomic E-state index is 12.5. The first-order valence-corrected chi connectivity index (χ1v) is 9.82. The molecule has 1 fully saturated rings. The van der Waals surface area contributed by atoms with Gasteiger partial charge >= 0.3 is 5.97 Å². The lowest BCUT2D eigenvalue weighted by atomic mass is 9.89. The molecular weight excluding hydrogens is 368 g/mol. The summed E-state index contributed by atoms with van der Waals surface area (Å²) in [6.07, 6.45) is 0.919. The average Bonchev–Trinajstić information content (AvgIpc) is 3.18. The normalized spacial score (nSPS) is 18.4. The van der Waals surface area contributed by atoms with Gasteiger partial charge in [-0.3, -0.25) is 14.4 Å². The van der Waals surface area contributed by atoms with Crippen molar-refractivity contribution in [3.8, 4) is 0 Å². The molecule has 1 aliphatic rings. The molecule has 0 radical (unpaired) electrons. The van der Waals surface area contributed by atoms with E-state index < -0.39 is 11.9 Å². The standard InChI is InChI=1S/C23H26N2O4/c1-16-7-9-17(10-8-16)11-12-21(26)24-13-22(27)25-14-19(20(15-25)23(28)29)18-5-3-2-4-6-18/h2-10,19-20H,11-15H2,1H3,(H,24,26)(H,28,29)/t19-,20-/m0/s1. The van der Waals surface area contributed by atoms with E-state index in [1.54, 1.807) is 0 Å². The Kier molecular flexibility index (Phi) is 6.65. The second-order valence-corrected chi connectivity index (χ2v) is 7.52. The maximum atomic E-state index is 12.5. The maximum Gasteiger partial charge on any atom is 0.308 e. The number of carbonyl (C=O) groups excluding carboxylic acids is 2. The molecular formula is C23H26N2O4. The number of amides is 2. The first-order chi connectivity index (χ1) is 13.9. The zero-order valence-corrected chi connectivity index (χ0v) is 16.5. The molecule has 2 aromatic rings. The number of nitrogens with one attached hydrogen (secondary N) is 1. The highest BCUT2D eigenvalue weighted by atomic mass is 16.4. The van der Waals surface area contributed by atoms with Crippen LogP contribution in [0.2, 0.25) is 0 Å². The summed E-state index contributed by atoms with van der Waals surface area (Å²) < 4.78 is 0. The Morgan fingerprint density at radius 2 is 1.72 bits per heavy atom. The number of aryl methyl sites for hydroxylation is 2. The van der Waals surface area contributed by atoms with Crippen LogP contribution in [-0.2, 0) is 20.8 Å². The van der Waals surface area contributed by atoms with Gasteiger partial charge in [0, 0.05) is 25.4 Å². The fourth-order valence-electron chi connectivity index (χ4n) is 3.68. The first kappa shape index (κ1) is 20.6. The lowest BCUT2D eigenvalue weighted by molar-refractivity contribution is -0.142. The molecule has 2 amide bonds. The summed E-state index contributed by atoms with van der Waals surface area (Å²) in [7, 11) is 0. The SMILES string of the molecule is Cc1ccc(CCC(=O)NCC(=O)N2C[C@H](C(=O)O)[C@H](c3ccccc3)C2)cc1. The molecule has 6 nitrogen and oxygen atoms in total. The average molecular weight is 394 g/mol. The molecule has 2 aromatic carbocycles. The van der Waals surface area contributed by atoms with E-state index in [-0.39, 0.29) is 30.8 Å². The number of carbonyl (C=O) groups is 3. The smallest absolute Gasteiger partial charge is 0.308 e. The lowest BCUT2D eigenvalue weighted by Crippen LogP contribution is -2.39. The van der Waals surface area contributed by atoms with Gasteiger partial charge in [0.1, 0.15) is 0 Å². The summed E-state index contributed by atoms with van der Waals surface area (Å²) in [5.74, 6) is -2.23. The molecule has 1 heterocycles. The van der Waals surface area contributed by atoms with Crippen molar-refractivity contribution in [1.82, 2.24) is 10.2 Å². The highest BCUT2D eigenvalue weighted by molar-refractivity contribution is 5.86. The number of benzene rings is 2. The fraction of sp³-hybridized carbons (Fsp3) is 0.348. The van der Waals surface area contributed by atoms with E-state index >= 15 is 0 Å². The summed E-state index contributed by atoms with van der Waals surface area (Å²) in [5, 5.41) is 12.2. The molecule has 3 rings (SSSR count). The molecule has 0 unspecified atom stereocenters. The third kappa shape index (κ3) is 5.44. The number of nitrogens with zero attached hydrogens (tertiary/aromatic N) is 1. The van der Waals surface area contributed by atoms with Crippen LogP contribution < -0.4 is 5.32 Å². The van der Waals surface area contributed by atoms with E-state index in [9.17, 15) is 19.5 Å². The van der Waals surface area contributed by atoms with Gasteiger partial charge in [-0.05, 0) is 24.5 Å². The predicted molar refractivity (Wildman–Crippen MR) is 109 cm³/mol. The minimum Gasteiger partial charge on any atom is -0.481 e. The molecule has 0 bridgehead atoms. The molecule has 152 valence electrons. The van der Waals surface area contributed by atoms with Crippen LogP contribution in [0.5, 0.6) is 0 Å². The summed E-state index contributed by atoms with van der Waals surface area (Å²) in [4.78, 5) is 37.8. The Bertz CT molecular complexity index is 864. The zero-order chi connectivity index (χ0) is 20.8. The molecule has 1 aliphatic heterocycles. The topological polar surface area (TPSA) is 86.7 Å². The van der Waals surface area contributed by atoms with Crippen molar-refractivity contribution in [3.63, 3.8) is 0 Å². The molecule has 2 N–H and O–H groups in total. The van der Waals surface area contributed by atoms with E-state index in [0.717, 1.165) is 11.1 Å². The molecule has 2 atom stereocenters. The number of likely N-dealkylation sites (tertiary alicyclic amines) is 1. The van der Waals surface area contributed by atoms with E-state index in [2.05, 4.69) is 5.32 Å². The van der Waals surface area contributed by atoms with Crippen molar-refractivity contribution in [1.29, 1.82) is 0 Å². The summed E-state index contributed by atoms with van der Waals surface area (Å²) in [5.41, 5.74) is 3.16. The van der Waals surface area contributed by atoms with Crippen LogP contribution in [0, 0.1) is 12.8 Å². The van der Waals surface area contributed by atoms with Crippen molar-refractivity contribution in [2.45, 2.75) is 25.7 Å². The van der Waals surface area contributed by atoms with Crippen LogP contribution in [0.3, 0.4) is 0 Å². The third-order valence-corrected chi connectivity index (χ3v) is 5.42. The minimum absolute atomic E-state index is 0.111. The molecule has 1 saturated heterocycles. The number of carboxylic acids is 1. The second-order valence-electron chi connectivity index (χ2n) is 7.52. The van der Waals surface area contributed by atoms with Crippen LogP contribution in [0.15, 0.2) is 54.6 Å². The van der Waals surface area contributed by atoms with E-state index in [1.807, 2.05) is 61.5 Å². The van der Waals surface area contributed by atoms with Crippen molar-refractivity contribution in [3.05, 3.63) is 71.3 Å². The summed E-state index contributed by atoms with van der Waals surface area (Å²) in [6.45, 7) is 2.41. The fourth-order valence-corrected chi connectivity index (χ4v) is 3.68. The van der Waals surface area contributed by atoms with E-state index in [1.165, 1.54) is 10.5 Å². The molecule has 0 spiro atoms. The number of rotatable bonds is 7. The number of hydrogen-bond donors (Lipinski definition) is 2. The third-order valence-electron chi connectivity index (χ3n) is 5.42. The van der Waals surface area contributed by atoms with Crippen LogP contribution in [0.25, 0.3) is 0 Å². The van der Waals surface area contributed by atoms with Crippen molar-refractivity contribution in [2.75, 3.05) is 19.6 Å². The summed E-state index contributed by atoms with van der Waals surface area (Å²) >= 11 is 0. The highest BCUT2D eigenvalue weighted by Crippen LogP contribution is 2.32. The molecule has 0 aromatic heterocycles. The Balaban J connectivity index is 1.50. The Hall–Kier alpha value is -3.15. The Morgan fingerprint density at radius 3 is 2.38 bits per heavy atom. The van der Waals surface area contributed by atoms with Gasteiger partial charge in [0.2, 0.25) is 11.8 Å². The van der Waals surface area contributed by atoms with Gasteiger partial charge in [-0.1, -0.05) is 60.2 Å². The van der Waals surface area contributed by atoms with Crippen LogP contribution in [0.4, 0.5) is 0 Å². The Morgan fingerprint density at radius 1 is 1.03 bits per heavy atom. The number of carboxylic acid groups (broad SMARTS) is 1. The second kappa shape index (κ2) is 9.37. The van der Waals surface area contributed by atoms with E-state index in [4.69, 9.17) is 0 Å². The summed E-state index contributed by atoms with van der Waals surface area (Å²) in [6, 6.07) is 17.4. The predicted octanol–water partition coefficient (Wildman–Crippen LogP) is 2.37. The minimum atomic E-state index is -0.906. The molecule has 0 saturated carbocycles. The largest absolute Gasteiger partial charge is 0.481 e. The molecule has 0 aliphatic carbocycles. The van der Waals surface area contributed by atoms with Crippen molar-refractivity contribution >= 4 is 17.8 Å². The first-order valence-electron chi connectivity index (χ1n) is 9.82. The van der Waals surface area contributed by atoms with Gasteiger partial charge < -0.3 is 15.3 Å². The number of hydrogen-bond acceptors (Lipinski definition) is 3. The zero-order valence-electron chi connectivity index (χ0n) is 16.5. The number of aliphatic carboxylic acids is 1. The molecule has 6 heteroatoms. The van der Waals surface area contributed by atoms with Gasteiger partial charge in [-0.15, -0.1) is 0 Å². The Labute approximate surface area is 170 Å². The van der Waals surface area contributed by atoms with Crippen LogP contribution in [0.1, 0.15) is 29.0 Å².